The maximum Gasteiger partial charge on any atom is 0.338 e. The standard InChI is InChI=1S/C19H18Cl2N2O3S/c1-2-3-10-26-18(25)12-4-7-14(8-5-12)22-19(27)23-17(24)13-6-9-15(20)16(21)11-13/h4-9,11H,2-3,10H2,1H3,(H2,22,23,24,27). The number of halogens is 2. The molecule has 0 atom stereocenters. The zero-order chi connectivity index (χ0) is 19.8. The highest BCUT2D eigenvalue weighted by Crippen LogP contribution is 2.22. The Morgan fingerprint density at radius 1 is 1.04 bits per heavy atom. The molecule has 0 radical (unpaired) electrons. The van der Waals surface area contributed by atoms with E-state index in [0.29, 0.717) is 28.4 Å². The third-order valence-corrected chi connectivity index (χ3v) is 4.46. The van der Waals surface area contributed by atoms with E-state index in [1.807, 2.05) is 6.92 Å². The third-order valence-electron chi connectivity index (χ3n) is 3.52. The number of rotatable bonds is 6. The number of benzene rings is 2. The Bertz CT molecular complexity index is 841. The first kappa shape index (κ1) is 21.2. The minimum absolute atomic E-state index is 0.115. The van der Waals surface area contributed by atoms with Gasteiger partial charge in [0.1, 0.15) is 0 Å². The molecule has 0 fully saturated rings. The molecule has 0 aliphatic carbocycles. The molecule has 2 rings (SSSR count). The van der Waals surface area contributed by atoms with E-state index >= 15 is 0 Å². The summed E-state index contributed by atoms with van der Waals surface area (Å²) in [5.41, 5.74) is 1.40. The maximum absolute atomic E-state index is 12.2. The second kappa shape index (κ2) is 10.3. The highest BCUT2D eigenvalue weighted by atomic mass is 35.5. The molecule has 2 N–H and O–H groups in total. The molecule has 8 heteroatoms. The first-order chi connectivity index (χ1) is 12.9. The van der Waals surface area contributed by atoms with Crippen LogP contribution in [-0.2, 0) is 4.74 Å². The molecule has 0 saturated carbocycles. The van der Waals surface area contributed by atoms with Crippen LogP contribution in [0.1, 0.15) is 40.5 Å². The molecule has 2 aromatic carbocycles. The van der Waals surface area contributed by atoms with Crippen molar-refractivity contribution >= 4 is 58.1 Å². The summed E-state index contributed by atoms with van der Waals surface area (Å²) in [6.45, 7) is 2.43. The van der Waals surface area contributed by atoms with Gasteiger partial charge in [-0.1, -0.05) is 36.5 Å². The lowest BCUT2D eigenvalue weighted by Crippen LogP contribution is -2.34. The van der Waals surface area contributed by atoms with E-state index in [-0.39, 0.29) is 16.1 Å². The molecule has 0 saturated heterocycles. The maximum atomic E-state index is 12.2. The van der Waals surface area contributed by atoms with Crippen molar-refractivity contribution < 1.29 is 14.3 Å². The molecule has 5 nitrogen and oxygen atoms in total. The first-order valence-corrected chi connectivity index (χ1v) is 9.41. The van der Waals surface area contributed by atoms with Crippen molar-refractivity contribution in [1.29, 1.82) is 0 Å². The molecule has 142 valence electrons. The molecule has 0 aromatic heterocycles. The molecule has 0 spiro atoms. The smallest absolute Gasteiger partial charge is 0.338 e. The van der Waals surface area contributed by atoms with Crippen LogP contribution in [0.2, 0.25) is 10.0 Å². The number of ether oxygens (including phenoxy) is 1. The van der Waals surface area contributed by atoms with Gasteiger partial charge in [0.2, 0.25) is 0 Å². The number of amides is 1. The summed E-state index contributed by atoms with van der Waals surface area (Å²) in [6, 6.07) is 11.1. The molecule has 27 heavy (non-hydrogen) atoms. The fourth-order valence-corrected chi connectivity index (χ4v) is 2.57. The van der Waals surface area contributed by atoms with Gasteiger partial charge in [-0.2, -0.15) is 0 Å². The number of thiocarbonyl (C=S) groups is 1. The Kier molecular flexibility index (Phi) is 8.03. The van der Waals surface area contributed by atoms with Crippen LogP contribution in [0.15, 0.2) is 42.5 Å². The van der Waals surface area contributed by atoms with Gasteiger partial charge in [0, 0.05) is 11.3 Å². The molecule has 2 aromatic rings. The van der Waals surface area contributed by atoms with Gasteiger partial charge in [-0.15, -0.1) is 0 Å². The number of carbonyl (C=O) groups is 2. The predicted molar refractivity (Wildman–Crippen MR) is 112 cm³/mol. The van der Waals surface area contributed by atoms with Gasteiger partial charge in [0.05, 0.1) is 22.2 Å². The van der Waals surface area contributed by atoms with Crippen LogP contribution in [0, 0.1) is 0 Å². The lowest BCUT2D eigenvalue weighted by Gasteiger charge is -2.10. The monoisotopic (exact) mass is 424 g/mol. The number of hydrogen-bond acceptors (Lipinski definition) is 4. The summed E-state index contributed by atoms with van der Waals surface area (Å²) >= 11 is 16.9. The molecule has 0 bridgehead atoms. The van der Waals surface area contributed by atoms with Gasteiger partial charge < -0.3 is 10.1 Å². The lowest BCUT2D eigenvalue weighted by molar-refractivity contribution is 0.0499. The van der Waals surface area contributed by atoms with E-state index in [2.05, 4.69) is 10.6 Å². The van der Waals surface area contributed by atoms with Gasteiger partial charge in [0.15, 0.2) is 5.11 Å². The largest absolute Gasteiger partial charge is 0.462 e. The Morgan fingerprint density at radius 3 is 2.33 bits per heavy atom. The van der Waals surface area contributed by atoms with Crippen LogP contribution in [0.5, 0.6) is 0 Å². The Balaban J connectivity index is 1.90. The molecular weight excluding hydrogens is 407 g/mol. The summed E-state index contributed by atoms with van der Waals surface area (Å²) < 4.78 is 5.15. The molecule has 0 unspecified atom stereocenters. The van der Waals surface area contributed by atoms with Crippen molar-refractivity contribution in [1.82, 2.24) is 5.32 Å². The van der Waals surface area contributed by atoms with Crippen molar-refractivity contribution in [3.05, 3.63) is 63.6 Å². The van der Waals surface area contributed by atoms with Crippen molar-refractivity contribution in [2.45, 2.75) is 19.8 Å². The van der Waals surface area contributed by atoms with Crippen LogP contribution >= 0.6 is 35.4 Å². The number of unbranched alkanes of at least 4 members (excludes halogenated alkanes) is 1. The molecule has 0 aliphatic heterocycles. The van der Waals surface area contributed by atoms with E-state index in [4.69, 9.17) is 40.2 Å². The van der Waals surface area contributed by atoms with Gasteiger partial charge in [0.25, 0.3) is 5.91 Å². The summed E-state index contributed by atoms with van der Waals surface area (Å²) in [5, 5.41) is 6.19. The second-order valence-electron chi connectivity index (χ2n) is 5.60. The number of hydrogen-bond donors (Lipinski definition) is 2. The van der Waals surface area contributed by atoms with Gasteiger partial charge in [-0.05, 0) is 61.1 Å². The van der Waals surface area contributed by atoms with Gasteiger partial charge in [-0.3, -0.25) is 10.1 Å². The average molecular weight is 425 g/mol. The van der Waals surface area contributed by atoms with Crippen molar-refractivity contribution in [3.8, 4) is 0 Å². The highest BCUT2D eigenvalue weighted by molar-refractivity contribution is 7.80. The summed E-state index contributed by atoms with van der Waals surface area (Å²) in [5.74, 6) is -0.785. The van der Waals surface area contributed by atoms with Crippen LogP contribution < -0.4 is 10.6 Å². The minimum atomic E-state index is -0.415. The van der Waals surface area contributed by atoms with Gasteiger partial charge in [-0.25, -0.2) is 4.79 Å². The Morgan fingerprint density at radius 2 is 1.70 bits per heavy atom. The number of carbonyl (C=O) groups excluding carboxylic acids is 2. The highest BCUT2D eigenvalue weighted by Gasteiger charge is 2.11. The van der Waals surface area contributed by atoms with Crippen LogP contribution in [-0.4, -0.2) is 23.6 Å². The SMILES string of the molecule is CCCCOC(=O)c1ccc(NC(=S)NC(=O)c2ccc(Cl)c(Cl)c2)cc1. The summed E-state index contributed by atoms with van der Waals surface area (Å²) in [7, 11) is 0. The number of anilines is 1. The third kappa shape index (κ3) is 6.50. The zero-order valence-corrected chi connectivity index (χ0v) is 16.9. The average Bonchev–Trinajstić information content (AvgIpc) is 2.64. The van der Waals surface area contributed by atoms with E-state index in [0.717, 1.165) is 12.8 Å². The van der Waals surface area contributed by atoms with Crippen LogP contribution in [0.4, 0.5) is 5.69 Å². The summed E-state index contributed by atoms with van der Waals surface area (Å²) in [6.07, 6.45) is 1.79. The molecule has 0 heterocycles. The minimum Gasteiger partial charge on any atom is -0.462 e. The Labute approximate surface area is 173 Å². The van der Waals surface area contributed by atoms with Crippen LogP contribution in [0.3, 0.4) is 0 Å². The van der Waals surface area contributed by atoms with E-state index in [9.17, 15) is 9.59 Å². The van der Waals surface area contributed by atoms with Crippen molar-refractivity contribution in [2.75, 3.05) is 11.9 Å². The normalized spacial score (nSPS) is 10.2. The zero-order valence-electron chi connectivity index (χ0n) is 14.6. The lowest BCUT2D eigenvalue weighted by atomic mass is 10.2. The van der Waals surface area contributed by atoms with Crippen molar-refractivity contribution in [3.63, 3.8) is 0 Å². The number of nitrogens with one attached hydrogen (secondary N) is 2. The van der Waals surface area contributed by atoms with Crippen molar-refractivity contribution in [2.24, 2.45) is 0 Å². The Hall–Kier alpha value is -2.15. The fraction of sp³-hybridized carbons (Fsp3) is 0.211. The summed E-state index contributed by atoms with van der Waals surface area (Å²) in [4.78, 5) is 24.0. The quantitative estimate of drug-likeness (QED) is 0.384. The fourth-order valence-electron chi connectivity index (χ4n) is 2.06. The first-order valence-electron chi connectivity index (χ1n) is 8.25. The van der Waals surface area contributed by atoms with Crippen LogP contribution in [0.25, 0.3) is 0 Å². The number of esters is 1. The molecule has 0 aliphatic rings. The van der Waals surface area contributed by atoms with Gasteiger partial charge >= 0.3 is 5.97 Å². The predicted octanol–water partition coefficient (Wildman–Crippen LogP) is 5.08. The van der Waals surface area contributed by atoms with E-state index < -0.39 is 5.91 Å². The van der Waals surface area contributed by atoms with E-state index in [1.165, 1.54) is 12.1 Å². The van der Waals surface area contributed by atoms with E-state index in [1.54, 1.807) is 30.3 Å². The second-order valence-corrected chi connectivity index (χ2v) is 6.83. The topological polar surface area (TPSA) is 67.4 Å². The molecular formula is C19H18Cl2N2O3S. The molecule has 1 amide bonds.